The SMILES string of the molecule is COc1ccc(Cl)cc1CC(=O)O[C@H](C)C(=O)Nc1cc(C)ccc1OC. The van der Waals surface area contributed by atoms with Crippen molar-refractivity contribution in [3.05, 3.63) is 52.5 Å². The smallest absolute Gasteiger partial charge is 0.311 e. The van der Waals surface area contributed by atoms with Crippen molar-refractivity contribution in [2.45, 2.75) is 26.4 Å². The number of hydrogen-bond donors (Lipinski definition) is 1. The maximum Gasteiger partial charge on any atom is 0.311 e. The molecule has 6 nitrogen and oxygen atoms in total. The molecule has 1 atom stereocenters. The Labute approximate surface area is 163 Å². The summed E-state index contributed by atoms with van der Waals surface area (Å²) in [5.74, 6) is 0.0359. The quantitative estimate of drug-likeness (QED) is 0.727. The third-order valence-electron chi connectivity index (χ3n) is 3.87. The van der Waals surface area contributed by atoms with Gasteiger partial charge in [-0.2, -0.15) is 0 Å². The van der Waals surface area contributed by atoms with Gasteiger partial charge in [-0.05, 0) is 49.7 Å². The number of rotatable bonds is 7. The Morgan fingerprint density at radius 1 is 1.07 bits per heavy atom. The summed E-state index contributed by atoms with van der Waals surface area (Å²) in [6, 6.07) is 10.4. The van der Waals surface area contributed by atoms with Crippen molar-refractivity contribution in [3.8, 4) is 11.5 Å². The summed E-state index contributed by atoms with van der Waals surface area (Å²) in [4.78, 5) is 24.6. The summed E-state index contributed by atoms with van der Waals surface area (Å²) in [5.41, 5.74) is 2.06. The number of halogens is 1. The van der Waals surface area contributed by atoms with Gasteiger partial charge in [0, 0.05) is 10.6 Å². The summed E-state index contributed by atoms with van der Waals surface area (Å²) in [6.45, 7) is 3.40. The maximum absolute atomic E-state index is 12.4. The molecule has 0 saturated carbocycles. The van der Waals surface area contributed by atoms with Crippen LogP contribution in [0.2, 0.25) is 5.02 Å². The van der Waals surface area contributed by atoms with Gasteiger partial charge in [0.25, 0.3) is 5.91 Å². The van der Waals surface area contributed by atoms with E-state index in [1.807, 2.05) is 13.0 Å². The molecule has 2 aromatic rings. The van der Waals surface area contributed by atoms with Gasteiger partial charge in [0.05, 0.1) is 26.3 Å². The van der Waals surface area contributed by atoms with E-state index in [1.54, 1.807) is 30.3 Å². The van der Waals surface area contributed by atoms with E-state index in [0.29, 0.717) is 27.8 Å². The first-order valence-corrected chi connectivity index (χ1v) is 8.69. The lowest BCUT2D eigenvalue weighted by molar-refractivity contribution is -0.152. The summed E-state index contributed by atoms with van der Waals surface area (Å²) in [7, 11) is 3.02. The molecule has 0 aliphatic heterocycles. The van der Waals surface area contributed by atoms with Crippen molar-refractivity contribution in [1.29, 1.82) is 0 Å². The zero-order valence-corrected chi connectivity index (χ0v) is 16.4. The molecule has 0 aliphatic rings. The summed E-state index contributed by atoms with van der Waals surface area (Å²) in [6.07, 6.45) is -1.04. The number of ether oxygens (including phenoxy) is 3. The van der Waals surface area contributed by atoms with Crippen molar-refractivity contribution >= 4 is 29.2 Å². The van der Waals surface area contributed by atoms with Gasteiger partial charge in [-0.1, -0.05) is 17.7 Å². The maximum atomic E-state index is 12.4. The molecular formula is C20H22ClNO5. The highest BCUT2D eigenvalue weighted by molar-refractivity contribution is 6.30. The van der Waals surface area contributed by atoms with E-state index < -0.39 is 18.0 Å². The molecular weight excluding hydrogens is 370 g/mol. The Balaban J connectivity index is 2.01. The van der Waals surface area contributed by atoms with Gasteiger partial charge in [-0.3, -0.25) is 9.59 Å². The number of carbonyl (C=O) groups excluding carboxylic acids is 2. The van der Waals surface area contributed by atoms with Crippen LogP contribution >= 0.6 is 11.6 Å². The minimum Gasteiger partial charge on any atom is -0.496 e. The predicted molar refractivity (Wildman–Crippen MR) is 104 cm³/mol. The third-order valence-corrected chi connectivity index (χ3v) is 4.10. The lowest BCUT2D eigenvalue weighted by Gasteiger charge is -2.16. The van der Waals surface area contributed by atoms with Crippen LogP contribution in [0.5, 0.6) is 11.5 Å². The Morgan fingerprint density at radius 3 is 2.41 bits per heavy atom. The van der Waals surface area contributed by atoms with Crippen LogP contribution in [0.4, 0.5) is 5.69 Å². The largest absolute Gasteiger partial charge is 0.496 e. The first-order chi connectivity index (χ1) is 12.8. The molecule has 0 aliphatic carbocycles. The fourth-order valence-electron chi connectivity index (χ4n) is 2.49. The van der Waals surface area contributed by atoms with Crippen LogP contribution in [0, 0.1) is 6.92 Å². The van der Waals surface area contributed by atoms with E-state index in [9.17, 15) is 9.59 Å². The van der Waals surface area contributed by atoms with Crippen LogP contribution in [0.1, 0.15) is 18.1 Å². The molecule has 27 heavy (non-hydrogen) atoms. The van der Waals surface area contributed by atoms with Crippen molar-refractivity contribution in [3.63, 3.8) is 0 Å². The number of carbonyl (C=O) groups is 2. The van der Waals surface area contributed by atoms with Crippen molar-refractivity contribution in [1.82, 2.24) is 0 Å². The lowest BCUT2D eigenvalue weighted by atomic mass is 10.1. The zero-order chi connectivity index (χ0) is 20.0. The van der Waals surface area contributed by atoms with E-state index in [2.05, 4.69) is 5.32 Å². The molecule has 0 saturated heterocycles. The monoisotopic (exact) mass is 391 g/mol. The second kappa shape index (κ2) is 9.28. The van der Waals surface area contributed by atoms with E-state index in [4.69, 9.17) is 25.8 Å². The third kappa shape index (κ3) is 5.62. The van der Waals surface area contributed by atoms with Gasteiger partial charge < -0.3 is 19.5 Å². The molecule has 1 amide bonds. The summed E-state index contributed by atoms with van der Waals surface area (Å²) >= 11 is 5.96. The van der Waals surface area contributed by atoms with Crippen molar-refractivity contribution in [2.24, 2.45) is 0 Å². The van der Waals surface area contributed by atoms with E-state index in [0.717, 1.165) is 5.56 Å². The topological polar surface area (TPSA) is 73.9 Å². The number of methoxy groups -OCH3 is 2. The van der Waals surface area contributed by atoms with Gasteiger partial charge in [-0.15, -0.1) is 0 Å². The second-order valence-electron chi connectivity index (χ2n) is 5.96. The molecule has 0 unspecified atom stereocenters. The first-order valence-electron chi connectivity index (χ1n) is 8.31. The Hall–Kier alpha value is -2.73. The number of benzene rings is 2. The number of aryl methyl sites for hydroxylation is 1. The molecule has 144 valence electrons. The van der Waals surface area contributed by atoms with Gasteiger partial charge in [-0.25, -0.2) is 0 Å². The fourth-order valence-corrected chi connectivity index (χ4v) is 2.68. The number of amides is 1. The molecule has 0 fully saturated rings. The Bertz CT molecular complexity index is 837. The summed E-state index contributed by atoms with van der Waals surface area (Å²) < 4.78 is 15.7. The predicted octanol–water partition coefficient (Wildman–Crippen LogP) is 3.78. The summed E-state index contributed by atoms with van der Waals surface area (Å²) in [5, 5.41) is 3.20. The Kier molecular flexibility index (Phi) is 7.07. The molecule has 2 aromatic carbocycles. The Morgan fingerprint density at radius 2 is 1.74 bits per heavy atom. The molecule has 0 heterocycles. The first kappa shape index (κ1) is 20.6. The van der Waals surface area contributed by atoms with Crippen molar-refractivity contribution in [2.75, 3.05) is 19.5 Å². The molecule has 0 bridgehead atoms. The zero-order valence-electron chi connectivity index (χ0n) is 15.7. The average Bonchev–Trinajstić information content (AvgIpc) is 2.62. The molecule has 7 heteroatoms. The van der Waals surface area contributed by atoms with Crippen LogP contribution in [0.15, 0.2) is 36.4 Å². The highest BCUT2D eigenvalue weighted by Crippen LogP contribution is 2.26. The van der Waals surface area contributed by atoms with E-state index >= 15 is 0 Å². The molecule has 0 radical (unpaired) electrons. The second-order valence-corrected chi connectivity index (χ2v) is 6.39. The minimum absolute atomic E-state index is 0.0604. The standard InChI is InChI=1S/C20H22ClNO5/c1-12-5-7-18(26-4)16(9-12)22-20(24)13(2)27-19(23)11-14-10-15(21)6-8-17(14)25-3/h5-10,13H,11H2,1-4H3,(H,22,24)/t13-/m1/s1. The minimum atomic E-state index is -0.979. The van der Waals surface area contributed by atoms with Crippen LogP contribution in [-0.2, 0) is 20.7 Å². The van der Waals surface area contributed by atoms with Gasteiger partial charge in [0.2, 0.25) is 0 Å². The number of nitrogens with one attached hydrogen (secondary N) is 1. The van der Waals surface area contributed by atoms with E-state index in [-0.39, 0.29) is 6.42 Å². The highest BCUT2D eigenvalue weighted by atomic mass is 35.5. The molecule has 1 N–H and O–H groups in total. The van der Waals surface area contributed by atoms with Crippen molar-refractivity contribution < 1.29 is 23.8 Å². The molecule has 0 spiro atoms. The van der Waals surface area contributed by atoms with Gasteiger partial charge in [0.15, 0.2) is 6.10 Å². The van der Waals surface area contributed by atoms with Gasteiger partial charge in [0.1, 0.15) is 11.5 Å². The number of anilines is 1. The number of esters is 1. The molecule has 0 aromatic heterocycles. The normalized spacial score (nSPS) is 11.4. The van der Waals surface area contributed by atoms with Crippen LogP contribution in [0.3, 0.4) is 0 Å². The lowest BCUT2D eigenvalue weighted by Crippen LogP contribution is -2.30. The van der Waals surface area contributed by atoms with Crippen LogP contribution in [-0.4, -0.2) is 32.2 Å². The fraction of sp³-hybridized carbons (Fsp3) is 0.300. The van der Waals surface area contributed by atoms with E-state index in [1.165, 1.54) is 21.1 Å². The van der Waals surface area contributed by atoms with Crippen LogP contribution < -0.4 is 14.8 Å². The van der Waals surface area contributed by atoms with Crippen LogP contribution in [0.25, 0.3) is 0 Å². The average molecular weight is 392 g/mol. The highest BCUT2D eigenvalue weighted by Gasteiger charge is 2.20. The number of hydrogen-bond acceptors (Lipinski definition) is 5. The molecule has 2 rings (SSSR count). The van der Waals surface area contributed by atoms with Gasteiger partial charge >= 0.3 is 5.97 Å².